The molecule has 0 amide bonds. The van der Waals surface area contributed by atoms with Crippen molar-refractivity contribution < 1.29 is 32.5 Å². The summed E-state index contributed by atoms with van der Waals surface area (Å²) in [5.41, 5.74) is 3.56. The Morgan fingerprint density at radius 2 is 2.12 bits per heavy atom. The lowest BCUT2D eigenvalue weighted by molar-refractivity contribution is -0.192. The Bertz CT molecular complexity index is 1130. The number of hydrogen-bond acceptors (Lipinski definition) is 6. The van der Waals surface area contributed by atoms with Crippen LogP contribution < -0.4 is 4.74 Å². The van der Waals surface area contributed by atoms with E-state index in [4.69, 9.17) is 19.4 Å². The predicted molar refractivity (Wildman–Crippen MR) is 120 cm³/mol. The van der Waals surface area contributed by atoms with Crippen molar-refractivity contribution in [2.75, 3.05) is 20.2 Å². The van der Waals surface area contributed by atoms with E-state index in [2.05, 4.69) is 43.4 Å². The smallest absolute Gasteiger partial charge is 0.490 e. The van der Waals surface area contributed by atoms with Gasteiger partial charge in [0.15, 0.2) is 0 Å². The van der Waals surface area contributed by atoms with Crippen LogP contribution in [-0.4, -0.2) is 57.5 Å². The van der Waals surface area contributed by atoms with Gasteiger partial charge >= 0.3 is 12.1 Å². The normalized spacial score (nSPS) is 20.0. The maximum absolute atomic E-state index is 10.6. The number of hydrogen-bond donors (Lipinski definition) is 1. The Hall–Kier alpha value is -2.89. The molecule has 1 fully saturated rings. The van der Waals surface area contributed by atoms with Gasteiger partial charge in [-0.15, -0.1) is 0 Å². The van der Waals surface area contributed by atoms with Crippen LogP contribution in [0.1, 0.15) is 17.8 Å². The lowest BCUT2D eigenvalue weighted by Crippen LogP contribution is -2.44. The molecule has 3 aromatic rings. The van der Waals surface area contributed by atoms with Crippen molar-refractivity contribution in [3.63, 3.8) is 0 Å². The van der Waals surface area contributed by atoms with Crippen LogP contribution in [0.15, 0.2) is 47.3 Å². The van der Waals surface area contributed by atoms with Gasteiger partial charge in [-0.25, -0.2) is 9.78 Å². The van der Waals surface area contributed by atoms with E-state index >= 15 is 0 Å². The van der Waals surface area contributed by atoms with E-state index in [9.17, 15) is 13.2 Å². The van der Waals surface area contributed by atoms with Crippen LogP contribution in [0.25, 0.3) is 11.3 Å². The summed E-state index contributed by atoms with van der Waals surface area (Å²) < 4.78 is 45.8. The number of rotatable bonds is 4. The zero-order valence-corrected chi connectivity index (χ0v) is 19.2. The highest BCUT2D eigenvalue weighted by atomic mass is 32.1. The van der Waals surface area contributed by atoms with Gasteiger partial charge in [0, 0.05) is 25.2 Å². The second kappa shape index (κ2) is 9.77. The summed E-state index contributed by atoms with van der Waals surface area (Å²) in [4.78, 5) is 16.0. The van der Waals surface area contributed by atoms with Crippen LogP contribution in [0, 0.1) is 0 Å². The molecule has 2 aliphatic rings. The number of imidazole rings is 1. The van der Waals surface area contributed by atoms with Crippen LogP contribution in [0.3, 0.4) is 0 Å². The highest BCUT2D eigenvalue weighted by Crippen LogP contribution is 2.36. The van der Waals surface area contributed by atoms with Gasteiger partial charge in [-0.1, -0.05) is 12.1 Å². The molecular weight excluding hydrogens is 471 g/mol. The van der Waals surface area contributed by atoms with Gasteiger partial charge in [-0.05, 0) is 40.9 Å². The monoisotopic (exact) mass is 495 g/mol. The summed E-state index contributed by atoms with van der Waals surface area (Å²) in [6.45, 7) is 4.49. The lowest BCUT2D eigenvalue weighted by Gasteiger charge is -2.35. The first kappa shape index (κ1) is 24.2. The van der Waals surface area contributed by atoms with E-state index < -0.39 is 12.1 Å². The molecule has 1 N–H and O–H groups in total. The number of ether oxygens (including phenoxy) is 2. The van der Waals surface area contributed by atoms with Crippen molar-refractivity contribution in [1.82, 2.24) is 14.5 Å². The number of methoxy groups -OCH3 is 1. The van der Waals surface area contributed by atoms with Crippen LogP contribution in [0.5, 0.6) is 5.75 Å². The first-order valence-corrected chi connectivity index (χ1v) is 11.5. The third-order valence-corrected chi connectivity index (χ3v) is 6.61. The lowest BCUT2D eigenvalue weighted by atomic mass is 10.0. The van der Waals surface area contributed by atoms with Gasteiger partial charge in [0.2, 0.25) is 0 Å². The minimum atomic E-state index is -5.08. The fourth-order valence-electron chi connectivity index (χ4n) is 4.22. The maximum atomic E-state index is 10.6. The second-order valence-electron chi connectivity index (χ2n) is 8.24. The van der Waals surface area contributed by atoms with Crippen LogP contribution in [0.4, 0.5) is 13.2 Å². The Morgan fingerprint density at radius 3 is 2.79 bits per heavy atom. The number of halogens is 3. The van der Waals surface area contributed by atoms with Gasteiger partial charge in [-0.3, -0.25) is 4.90 Å². The van der Waals surface area contributed by atoms with Crippen molar-refractivity contribution in [2.45, 2.75) is 37.9 Å². The number of alkyl halides is 3. The predicted octanol–water partition coefficient (Wildman–Crippen LogP) is 4.43. The molecule has 1 unspecified atom stereocenters. The first-order chi connectivity index (χ1) is 16.2. The number of carboxylic acid groups (broad SMARTS) is 1. The number of carbonyl (C=O) groups is 1. The second-order valence-corrected chi connectivity index (χ2v) is 9.02. The molecule has 1 atom stereocenters. The molecule has 11 heteroatoms. The number of fused-ring (bicyclic) bond motifs is 1. The Labute approximate surface area is 198 Å². The van der Waals surface area contributed by atoms with Crippen molar-refractivity contribution >= 4 is 17.3 Å². The van der Waals surface area contributed by atoms with Gasteiger partial charge < -0.3 is 19.1 Å². The van der Waals surface area contributed by atoms with Crippen molar-refractivity contribution in [3.8, 4) is 17.0 Å². The highest BCUT2D eigenvalue weighted by Gasteiger charge is 2.43. The zero-order chi connectivity index (χ0) is 24.3. The quantitative estimate of drug-likeness (QED) is 0.577. The molecule has 0 saturated carbocycles. The van der Waals surface area contributed by atoms with E-state index in [1.165, 1.54) is 5.56 Å². The fourth-order valence-corrected chi connectivity index (χ4v) is 4.88. The summed E-state index contributed by atoms with van der Waals surface area (Å²) in [6, 6.07) is 10.4. The molecule has 1 aromatic carbocycles. The molecule has 1 spiro atoms. The van der Waals surface area contributed by atoms with Crippen molar-refractivity contribution in [3.05, 3.63) is 58.7 Å². The average molecular weight is 496 g/mol. The molecule has 1 saturated heterocycles. The van der Waals surface area contributed by atoms with Gasteiger partial charge in [0.1, 0.15) is 23.8 Å². The van der Waals surface area contributed by atoms with Crippen molar-refractivity contribution in [2.24, 2.45) is 0 Å². The SMILES string of the molecule is COc1cccc(-c2cnc3n2CC2(CCN(Cc4ccsc4)C2)OC3)c1.O=C(O)C(F)(F)F. The highest BCUT2D eigenvalue weighted by molar-refractivity contribution is 7.07. The van der Waals surface area contributed by atoms with E-state index in [0.717, 1.165) is 55.4 Å². The van der Waals surface area contributed by atoms with Gasteiger partial charge in [0.05, 0.1) is 25.5 Å². The van der Waals surface area contributed by atoms with Gasteiger partial charge in [0.25, 0.3) is 0 Å². The number of aromatic nitrogens is 2. The Morgan fingerprint density at radius 1 is 1.32 bits per heavy atom. The van der Waals surface area contributed by atoms with Crippen LogP contribution >= 0.6 is 11.3 Å². The molecular formula is C23H24F3N3O4S. The average Bonchev–Trinajstić information content (AvgIpc) is 3.55. The molecule has 0 aliphatic carbocycles. The standard InChI is InChI=1S/C21H23N3O2S.C2HF3O2/c1-25-18-4-2-3-17(9-18)19-10-22-20-12-26-21(15-24(19)20)6-7-23(14-21)11-16-5-8-27-13-16;3-2(4,5)1(6)7/h2-5,8-10,13H,6-7,11-12,14-15H2,1H3;(H,6,7). The van der Waals surface area contributed by atoms with E-state index in [1.807, 2.05) is 18.3 Å². The zero-order valence-electron chi connectivity index (χ0n) is 18.4. The molecule has 2 aromatic heterocycles. The van der Waals surface area contributed by atoms with Crippen LogP contribution in [-0.2, 0) is 29.2 Å². The van der Waals surface area contributed by atoms with E-state index in [1.54, 1.807) is 18.4 Å². The molecule has 7 nitrogen and oxygen atoms in total. The topological polar surface area (TPSA) is 76.8 Å². The van der Waals surface area contributed by atoms with Crippen LogP contribution in [0.2, 0.25) is 0 Å². The molecule has 0 bridgehead atoms. The molecule has 2 aliphatic heterocycles. The van der Waals surface area contributed by atoms with Crippen molar-refractivity contribution in [1.29, 1.82) is 0 Å². The summed E-state index contributed by atoms with van der Waals surface area (Å²) in [5.74, 6) is -0.880. The third kappa shape index (κ3) is 5.43. The molecule has 182 valence electrons. The first-order valence-electron chi connectivity index (χ1n) is 10.6. The third-order valence-electron chi connectivity index (χ3n) is 5.88. The summed E-state index contributed by atoms with van der Waals surface area (Å²) >= 11 is 1.76. The number of carboxylic acids is 1. The number of nitrogens with zero attached hydrogens (tertiary/aromatic N) is 3. The minimum absolute atomic E-state index is 0.114. The molecule has 4 heterocycles. The van der Waals surface area contributed by atoms with E-state index in [-0.39, 0.29) is 5.60 Å². The maximum Gasteiger partial charge on any atom is 0.490 e. The molecule has 34 heavy (non-hydrogen) atoms. The van der Waals surface area contributed by atoms with E-state index in [0.29, 0.717) is 6.61 Å². The van der Waals surface area contributed by atoms with Gasteiger partial charge in [-0.2, -0.15) is 24.5 Å². The number of aliphatic carboxylic acids is 1. The number of benzene rings is 1. The summed E-state index contributed by atoms with van der Waals surface area (Å²) in [7, 11) is 1.70. The number of likely N-dealkylation sites (tertiary alicyclic amines) is 1. The molecule has 0 radical (unpaired) electrons. The fraction of sp³-hybridized carbons (Fsp3) is 0.391. The summed E-state index contributed by atoms with van der Waals surface area (Å²) in [6.07, 6.45) is -2.06. The summed E-state index contributed by atoms with van der Waals surface area (Å²) in [5, 5.41) is 11.5. The Balaban J connectivity index is 0.000000344. The molecule has 5 rings (SSSR count). The Kier molecular flexibility index (Phi) is 6.96. The largest absolute Gasteiger partial charge is 0.497 e. The number of thiophene rings is 1. The minimum Gasteiger partial charge on any atom is -0.497 e.